The van der Waals surface area contributed by atoms with Gasteiger partial charge in [-0.05, 0) is 25.2 Å². The third kappa shape index (κ3) is 2.79. The van der Waals surface area contributed by atoms with E-state index in [-0.39, 0.29) is 6.10 Å². The fraction of sp³-hybridized carbons (Fsp3) is 1.00. The van der Waals surface area contributed by atoms with Gasteiger partial charge in [0.05, 0.1) is 12.4 Å². The predicted octanol–water partition coefficient (Wildman–Crippen LogP) is 1.01. The first-order valence-electron chi connectivity index (χ1n) is 3.78. The average Bonchev–Trinajstić information content (AvgIpc) is 2.41. The summed E-state index contributed by atoms with van der Waals surface area (Å²) in [7, 11) is -3.25. The Labute approximate surface area is 67.9 Å². The molecule has 0 saturated heterocycles. The summed E-state index contributed by atoms with van der Waals surface area (Å²) in [6, 6.07) is 0. The Bertz CT molecular complexity index is 232. The number of rotatable bonds is 3. The SMILES string of the molecule is CC1CC1C(C)OS(C)(=O)=O. The fourth-order valence-electron chi connectivity index (χ4n) is 1.35. The maximum absolute atomic E-state index is 10.7. The zero-order chi connectivity index (χ0) is 8.65. The van der Waals surface area contributed by atoms with Gasteiger partial charge < -0.3 is 0 Å². The van der Waals surface area contributed by atoms with Gasteiger partial charge in [0.1, 0.15) is 0 Å². The van der Waals surface area contributed by atoms with Gasteiger partial charge in [-0.25, -0.2) is 0 Å². The van der Waals surface area contributed by atoms with E-state index < -0.39 is 10.1 Å². The second kappa shape index (κ2) is 2.75. The number of hydrogen-bond donors (Lipinski definition) is 0. The van der Waals surface area contributed by atoms with Crippen molar-refractivity contribution in [3.63, 3.8) is 0 Å². The Morgan fingerprint density at radius 2 is 2.00 bits per heavy atom. The van der Waals surface area contributed by atoms with Crippen LogP contribution in [0.3, 0.4) is 0 Å². The summed E-state index contributed by atoms with van der Waals surface area (Å²) in [5.41, 5.74) is 0. The minimum atomic E-state index is -3.25. The molecule has 0 radical (unpaired) electrons. The molecule has 0 aromatic heterocycles. The molecule has 4 heteroatoms. The second-order valence-corrected chi connectivity index (χ2v) is 4.98. The van der Waals surface area contributed by atoms with Gasteiger partial charge in [-0.2, -0.15) is 8.42 Å². The highest BCUT2D eigenvalue weighted by molar-refractivity contribution is 7.86. The van der Waals surface area contributed by atoms with E-state index in [9.17, 15) is 8.42 Å². The normalized spacial score (nSPS) is 33.4. The first kappa shape index (κ1) is 9.00. The lowest BCUT2D eigenvalue weighted by Crippen LogP contribution is -2.16. The van der Waals surface area contributed by atoms with E-state index in [1.165, 1.54) is 0 Å². The molecule has 0 bridgehead atoms. The molecular formula is C7H14O3S. The van der Waals surface area contributed by atoms with Crippen molar-refractivity contribution in [3.05, 3.63) is 0 Å². The smallest absolute Gasteiger partial charge is 0.264 e. The van der Waals surface area contributed by atoms with Crippen LogP contribution in [-0.2, 0) is 14.3 Å². The van der Waals surface area contributed by atoms with E-state index in [2.05, 4.69) is 6.92 Å². The van der Waals surface area contributed by atoms with Gasteiger partial charge in [0.2, 0.25) is 0 Å². The van der Waals surface area contributed by atoms with Gasteiger partial charge in [0, 0.05) is 0 Å². The van der Waals surface area contributed by atoms with Gasteiger partial charge in [-0.1, -0.05) is 6.92 Å². The molecule has 1 aliphatic carbocycles. The van der Waals surface area contributed by atoms with Gasteiger partial charge in [-0.3, -0.25) is 4.18 Å². The first-order chi connectivity index (χ1) is 4.90. The highest BCUT2D eigenvalue weighted by Crippen LogP contribution is 2.41. The molecule has 0 spiro atoms. The standard InChI is InChI=1S/C7H14O3S/c1-5-4-7(5)6(2)10-11(3,8)9/h5-7H,4H2,1-3H3. The summed E-state index contributed by atoms with van der Waals surface area (Å²) in [5.74, 6) is 1.08. The summed E-state index contributed by atoms with van der Waals surface area (Å²) in [5, 5.41) is 0. The van der Waals surface area contributed by atoms with Crippen LogP contribution < -0.4 is 0 Å². The van der Waals surface area contributed by atoms with Crippen molar-refractivity contribution in [3.8, 4) is 0 Å². The first-order valence-corrected chi connectivity index (χ1v) is 5.60. The Balaban J connectivity index is 2.39. The van der Waals surface area contributed by atoms with Crippen molar-refractivity contribution in [2.75, 3.05) is 6.26 Å². The third-order valence-corrected chi connectivity index (χ3v) is 2.75. The van der Waals surface area contributed by atoms with Crippen molar-refractivity contribution in [2.24, 2.45) is 11.8 Å². The molecule has 1 rings (SSSR count). The van der Waals surface area contributed by atoms with E-state index in [0.29, 0.717) is 11.8 Å². The Morgan fingerprint density at radius 1 is 1.55 bits per heavy atom. The van der Waals surface area contributed by atoms with E-state index in [1.807, 2.05) is 6.92 Å². The van der Waals surface area contributed by atoms with Gasteiger partial charge >= 0.3 is 0 Å². The largest absolute Gasteiger partial charge is 0.267 e. The van der Waals surface area contributed by atoms with Crippen molar-refractivity contribution in [1.82, 2.24) is 0 Å². The molecule has 0 aromatic rings. The summed E-state index contributed by atoms with van der Waals surface area (Å²) in [6.07, 6.45) is 2.05. The lowest BCUT2D eigenvalue weighted by Gasteiger charge is -2.08. The Morgan fingerprint density at radius 3 is 2.27 bits per heavy atom. The minimum absolute atomic E-state index is 0.139. The monoisotopic (exact) mass is 178 g/mol. The molecule has 0 amide bonds. The maximum atomic E-state index is 10.7. The molecule has 0 aromatic carbocycles. The molecule has 1 fully saturated rings. The topological polar surface area (TPSA) is 43.4 Å². The van der Waals surface area contributed by atoms with Crippen LogP contribution in [0.5, 0.6) is 0 Å². The van der Waals surface area contributed by atoms with Crippen LogP contribution in [0.4, 0.5) is 0 Å². The molecule has 11 heavy (non-hydrogen) atoms. The minimum Gasteiger partial charge on any atom is -0.267 e. The van der Waals surface area contributed by atoms with Gasteiger partial charge in [0.25, 0.3) is 10.1 Å². The zero-order valence-corrected chi connectivity index (χ0v) is 7.89. The maximum Gasteiger partial charge on any atom is 0.264 e. The molecule has 3 nitrogen and oxygen atoms in total. The molecule has 1 saturated carbocycles. The fourth-order valence-corrected chi connectivity index (χ4v) is 2.05. The number of hydrogen-bond acceptors (Lipinski definition) is 3. The second-order valence-electron chi connectivity index (χ2n) is 3.38. The molecule has 3 atom stereocenters. The molecule has 0 heterocycles. The Kier molecular flexibility index (Phi) is 2.25. The predicted molar refractivity (Wildman–Crippen MR) is 42.7 cm³/mol. The van der Waals surface area contributed by atoms with Crippen LogP contribution in [0.25, 0.3) is 0 Å². The highest BCUT2D eigenvalue weighted by atomic mass is 32.2. The Hall–Kier alpha value is -0.0900. The van der Waals surface area contributed by atoms with Crippen LogP contribution in [0, 0.1) is 11.8 Å². The lowest BCUT2D eigenvalue weighted by atomic mass is 10.2. The van der Waals surface area contributed by atoms with E-state index in [4.69, 9.17) is 4.18 Å². The summed E-state index contributed by atoms with van der Waals surface area (Å²) >= 11 is 0. The van der Waals surface area contributed by atoms with Crippen LogP contribution in [-0.4, -0.2) is 20.8 Å². The van der Waals surface area contributed by atoms with Crippen molar-refractivity contribution >= 4 is 10.1 Å². The van der Waals surface area contributed by atoms with Gasteiger partial charge in [-0.15, -0.1) is 0 Å². The summed E-state index contributed by atoms with van der Waals surface area (Å²) in [4.78, 5) is 0. The van der Waals surface area contributed by atoms with Crippen molar-refractivity contribution < 1.29 is 12.6 Å². The quantitative estimate of drug-likeness (QED) is 0.606. The zero-order valence-electron chi connectivity index (χ0n) is 7.07. The third-order valence-electron chi connectivity index (χ3n) is 2.10. The molecule has 66 valence electrons. The molecule has 0 aliphatic heterocycles. The van der Waals surface area contributed by atoms with Crippen LogP contribution in [0.15, 0.2) is 0 Å². The lowest BCUT2D eigenvalue weighted by molar-refractivity contribution is 0.202. The van der Waals surface area contributed by atoms with E-state index >= 15 is 0 Å². The summed E-state index contributed by atoms with van der Waals surface area (Å²) < 4.78 is 26.1. The molecular weight excluding hydrogens is 164 g/mol. The van der Waals surface area contributed by atoms with E-state index in [1.54, 1.807) is 0 Å². The molecule has 3 unspecified atom stereocenters. The van der Waals surface area contributed by atoms with Crippen molar-refractivity contribution in [2.45, 2.75) is 26.4 Å². The van der Waals surface area contributed by atoms with Crippen LogP contribution in [0.2, 0.25) is 0 Å². The molecule has 1 aliphatic rings. The molecule has 0 N–H and O–H groups in total. The van der Waals surface area contributed by atoms with Crippen LogP contribution in [0.1, 0.15) is 20.3 Å². The van der Waals surface area contributed by atoms with Crippen molar-refractivity contribution in [1.29, 1.82) is 0 Å². The average molecular weight is 178 g/mol. The highest BCUT2D eigenvalue weighted by Gasteiger charge is 2.39. The summed E-state index contributed by atoms with van der Waals surface area (Å²) in [6.45, 7) is 3.92. The van der Waals surface area contributed by atoms with Gasteiger partial charge in [0.15, 0.2) is 0 Å². The van der Waals surface area contributed by atoms with E-state index in [0.717, 1.165) is 12.7 Å². The van der Waals surface area contributed by atoms with Crippen LogP contribution >= 0.6 is 0 Å².